The van der Waals surface area contributed by atoms with E-state index in [2.05, 4.69) is 16.0 Å². The van der Waals surface area contributed by atoms with Gasteiger partial charge >= 0.3 is 5.97 Å². The molecule has 4 atom stereocenters. The standard InChI is InChI=1S/C17H30N6O7/c1-7(2)4-9(18)14(26)22-11(6-13(20)25)16(28)23-10(5-12(19)24)15(27)21-8(3)17(29)30/h7-11H,4-6,18H2,1-3H3,(H2,19,24)(H2,20,25)(H,21,27)(H,22,26)(H,23,28)(H,29,30). The molecule has 0 aromatic heterocycles. The second-order valence-electron chi connectivity index (χ2n) is 7.27. The van der Waals surface area contributed by atoms with E-state index in [1.807, 2.05) is 13.8 Å². The van der Waals surface area contributed by atoms with Gasteiger partial charge in [-0.25, -0.2) is 0 Å². The van der Waals surface area contributed by atoms with Crippen molar-refractivity contribution in [2.45, 2.75) is 64.2 Å². The topological polar surface area (TPSA) is 237 Å². The monoisotopic (exact) mass is 430 g/mol. The summed E-state index contributed by atoms with van der Waals surface area (Å²) in [6.07, 6.45) is -0.924. The van der Waals surface area contributed by atoms with Crippen LogP contribution < -0.4 is 33.2 Å². The van der Waals surface area contributed by atoms with Gasteiger partial charge in [0, 0.05) is 0 Å². The average molecular weight is 430 g/mol. The molecule has 0 saturated carbocycles. The van der Waals surface area contributed by atoms with E-state index in [1.54, 1.807) is 0 Å². The van der Waals surface area contributed by atoms with E-state index in [4.69, 9.17) is 22.3 Å². The largest absolute Gasteiger partial charge is 0.480 e. The van der Waals surface area contributed by atoms with Gasteiger partial charge in [0.05, 0.1) is 18.9 Å². The summed E-state index contributed by atoms with van der Waals surface area (Å²) in [5.74, 6) is -5.81. The highest BCUT2D eigenvalue weighted by Crippen LogP contribution is 2.04. The molecule has 0 aromatic carbocycles. The van der Waals surface area contributed by atoms with E-state index < -0.39 is 72.5 Å². The Morgan fingerprint density at radius 3 is 1.53 bits per heavy atom. The number of carbonyl (C=O) groups excluding carboxylic acids is 5. The van der Waals surface area contributed by atoms with Gasteiger partial charge in [0.2, 0.25) is 29.5 Å². The van der Waals surface area contributed by atoms with Crippen LogP contribution in [0, 0.1) is 5.92 Å². The number of carbonyl (C=O) groups is 6. The van der Waals surface area contributed by atoms with Crippen molar-refractivity contribution in [2.24, 2.45) is 23.1 Å². The first-order chi connectivity index (χ1) is 13.7. The number of hydrogen-bond donors (Lipinski definition) is 7. The van der Waals surface area contributed by atoms with E-state index in [0.717, 1.165) is 0 Å². The molecule has 0 bridgehead atoms. The van der Waals surface area contributed by atoms with Crippen molar-refractivity contribution in [3.8, 4) is 0 Å². The molecule has 0 heterocycles. The summed E-state index contributed by atoms with van der Waals surface area (Å²) in [7, 11) is 0. The minimum Gasteiger partial charge on any atom is -0.480 e. The van der Waals surface area contributed by atoms with E-state index in [9.17, 15) is 28.8 Å². The van der Waals surface area contributed by atoms with Crippen LogP contribution in [0.2, 0.25) is 0 Å². The maximum absolute atomic E-state index is 12.6. The van der Waals surface area contributed by atoms with Crippen LogP contribution >= 0.6 is 0 Å². The summed E-state index contributed by atoms with van der Waals surface area (Å²) < 4.78 is 0. The fourth-order valence-corrected chi connectivity index (χ4v) is 2.36. The second kappa shape index (κ2) is 12.4. The summed E-state index contributed by atoms with van der Waals surface area (Å²) in [5, 5.41) is 15.4. The molecule has 5 amide bonds. The zero-order valence-corrected chi connectivity index (χ0v) is 17.1. The SMILES string of the molecule is CC(C)CC(N)C(=O)NC(CC(N)=O)C(=O)NC(CC(N)=O)C(=O)NC(C)C(=O)O. The molecule has 0 spiro atoms. The lowest BCUT2D eigenvalue weighted by atomic mass is 10.0. The Morgan fingerprint density at radius 1 is 0.767 bits per heavy atom. The molecule has 0 fully saturated rings. The van der Waals surface area contributed by atoms with Gasteiger partial charge in [-0.15, -0.1) is 0 Å². The highest BCUT2D eigenvalue weighted by molar-refractivity contribution is 5.97. The summed E-state index contributed by atoms with van der Waals surface area (Å²) in [4.78, 5) is 70.4. The lowest BCUT2D eigenvalue weighted by Gasteiger charge is -2.24. The van der Waals surface area contributed by atoms with E-state index in [1.165, 1.54) is 6.92 Å². The molecule has 0 aliphatic rings. The molecule has 0 aliphatic carbocycles. The Balaban J connectivity index is 5.39. The van der Waals surface area contributed by atoms with Gasteiger partial charge in [-0.2, -0.15) is 0 Å². The van der Waals surface area contributed by atoms with Crippen molar-refractivity contribution in [3.05, 3.63) is 0 Å². The van der Waals surface area contributed by atoms with Gasteiger partial charge in [-0.05, 0) is 19.3 Å². The first-order valence-corrected chi connectivity index (χ1v) is 9.20. The lowest BCUT2D eigenvalue weighted by Crippen LogP contribution is -2.58. The van der Waals surface area contributed by atoms with Crippen molar-refractivity contribution in [1.29, 1.82) is 0 Å². The Morgan fingerprint density at radius 2 is 1.17 bits per heavy atom. The van der Waals surface area contributed by atoms with Crippen LogP contribution in [0.25, 0.3) is 0 Å². The normalized spacial score (nSPS) is 14.7. The molecule has 0 aromatic rings. The van der Waals surface area contributed by atoms with Gasteiger partial charge in [-0.3, -0.25) is 28.8 Å². The number of aliphatic carboxylic acids is 1. The van der Waals surface area contributed by atoms with Gasteiger partial charge in [0.1, 0.15) is 18.1 Å². The minimum absolute atomic E-state index is 0.0917. The summed E-state index contributed by atoms with van der Waals surface area (Å²) >= 11 is 0. The van der Waals surface area contributed by atoms with Crippen LogP contribution in [0.3, 0.4) is 0 Å². The number of amides is 5. The maximum Gasteiger partial charge on any atom is 0.325 e. The smallest absolute Gasteiger partial charge is 0.325 e. The number of carboxylic acids is 1. The van der Waals surface area contributed by atoms with Crippen LogP contribution in [0.5, 0.6) is 0 Å². The number of carboxylic acid groups (broad SMARTS) is 1. The van der Waals surface area contributed by atoms with Gasteiger partial charge in [0.15, 0.2) is 0 Å². The predicted molar refractivity (Wildman–Crippen MR) is 104 cm³/mol. The van der Waals surface area contributed by atoms with Crippen LogP contribution in [-0.2, 0) is 28.8 Å². The maximum atomic E-state index is 12.6. The number of nitrogens with two attached hydrogens (primary N) is 3. The second-order valence-corrected chi connectivity index (χ2v) is 7.27. The Bertz CT molecular complexity index is 682. The van der Waals surface area contributed by atoms with Crippen molar-refractivity contribution >= 4 is 35.5 Å². The van der Waals surface area contributed by atoms with E-state index in [-0.39, 0.29) is 5.92 Å². The molecule has 13 heteroatoms. The molecule has 10 N–H and O–H groups in total. The van der Waals surface area contributed by atoms with Crippen molar-refractivity contribution < 1.29 is 33.9 Å². The number of primary amides is 2. The zero-order chi connectivity index (χ0) is 23.6. The fourth-order valence-electron chi connectivity index (χ4n) is 2.36. The third kappa shape index (κ3) is 10.4. The van der Waals surface area contributed by atoms with Crippen LogP contribution in [0.15, 0.2) is 0 Å². The summed E-state index contributed by atoms with van der Waals surface area (Å²) in [5.41, 5.74) is 15.9. The summed E-state index contributed by atoms with van der Waals surface area (Å²) in [6, 6.07) is -5.25. The van der Waals surface area contributed by atoms with Crippen LogP contribution in [-0.4, -0.2) is 64.8 Å². The average Bonchev–Trinajstić information content (AvgIpc) is 2.58. The first kappa shape index (κ1) is 26.8. The molecule has 4 unspecified atom stereocenters. The van der Waals surface area contributed by atoms with Crippen molar-refractivity contribution in [2.75, 3.05) is 0 Å². The molecule has 170 valence electrons. The molecule has 13 nitrogen and oxygen atoms in total. The fraction of sp³-hybridized carbons (Fsp3) is 0.647. The molecule has 30 heavy (non-hydrogen) atoms. The lowest BCUT2D eigenvalue weighted by molar-refractivity contribution is -0.142. The Hall–Kier alpha value is -3.22. The summed E-state index contributed by atoms with van der Waals surface area (Å²) in [6.45, 7) is 4.85. The highest BCUT2D eigenvalue weighted by atomic mass is 16.4. The third-order valence-electron chi connectivity index (χ3n) is 3.87. The minimum atomic E-state index is -1.53. The van der Waals surface area contributed by atoms with Crippen molar-refractivity contribution in [3.63, 3.8) is 0 Å². The van der Waals surface area contributed by atoms with E-state index in [0.29, 0.717) is 6.42 Å². The predicted octanol–water partition coefficient (Wildman–Crippen LogP) is -3.33. The molecular formula is C17H30N6O7. The van der Waals surface area contributed by atoms with E-state index >= 15 is 0 Å². The number of nitrogens with one attached hydrogen (secondary N) is 3. The van der Waals surface area contributed by atoms with Crippen LogP contribution in [0.4, 0.5) is 0 Å². The Kier molecular flexibility index (Phi) is 11.0. The molecule has 0 rings (SSSR count). The molecule has 0 aliphatic heterocycles. The van der Waals surface area contributed by atoms with Gasteiger partial charge in [0.25, 0.3) is 0 Å². The molecular weight excluding hydrogens is 400 g/mol. The molecule has 0 radical (unpaired) electrons. The first-order valence-electron chi connectivity index (χ1n) is 9.20. The number of hydrogen-bond acceptors (Lipinski definition) is 7. The number of rotatable bonds is 13. The highest BCUT2D eigenvalue weighted by Gasteiger charge is 2.31. The molecule has 0 saturated heterocycles. The van der Waals surface area contributed by atoms with Gasteiger partial charge in [-0.1, -0.05) is 13.8 Å². The van der Waals surface area contributed by atoms with Gasteiger partial charge < -0.3 is 38.3 Å². The Labute approximate surface area is 173 Å². The zero-order valence-electron chi connectivity index (χ0n) is 17.1. The van der Waals surface area contributed by atoms with Crippen molar-refractivity contribution in [1.82, 2.24) is 16.0 Å². The quantitative estimate of drug-likeness (QED) is 0.155. The third-order valence-corrected chi connectivity index (χ3v) is 3.87. The van der Waals surface area contributed by atoms with Crippen LogP contribution in [0.1, 0.15) is 40.0 Å².